The van der Waals surface area contributed by atoms with E-state index < -0.39 is 0 Å². The zero-order valence-electron chi connectivity index (χ0n) is 14.7. The number of rotatable bonds is 8. The fraction of sp³-hybridized carbons (Fsp3) is 0.556. The number of carbonyl (C=O) groups is 1. The van der Waals surface area contributed by atoms with Gasteiger partial charge in [0.15, 0.2) is 0 Å². The molecule has 0 spiro atoms. The van der Waals surface area contributed by atoms with Crippen molar-refractivity contribution in [1.82, 2.24) is 15.3 Å². The summed E-state index contributed by atoms with van der Waals surface area (Å²) >= 11 is 0. The Morgan fingerprint density at radius 1 is 1.29 bits per heavy atom. The van der Waals surface area contributed by atoms with Gasteiger partial charge in [-0.3, -0.25) is 4.79 Å². The maximum Gasteiger partial charge on any atom is 0.323 e. The number of carbonyl (C=O) groups excluding carboxylic acids is 1. The van der Waals surface area contributed by atoms with Gasteiger partial charge in [0.05, 0.1) is 11.0 Å². The highest BCUT2D eigenvalue weighted by molar-refractivity contribution is 5.77. The third-order valence-electron chi connectivity index (χ3n) is 4.20. The molecule has 1 heterocycles. The molecular weight excluding hydrogens is 304 g/mol. The number of aromatic nitrogens is 2. The van der Waals surface area contributed by atoms with Crippen LogP contribution in [-0.4, -0.2) is 28.0 Å². The van der Waals surface area contributed by atoms with Gasteiger partial charge in [-0.1, -0.05) is 19.9 Å². The number of hydrogen-bond donors (Lipinski definition) is 4. The second-order valence-corrected chi connectivity index (χ2v) is 7.22. The minimum absolute atomic E-state index is 0.0414. The molecule has 5 N–H and O–H groups in total. The van der Waals surface area contributed by atoms with Gasteiger partial charge in [0.25, 0.3) is 0 Å². The van der Waals surface area contributed by atoms with Crippen LogP contribution >= 0.6 is 0 Å². The summed E-state index contributed by atoms with van der Waals surface area (Å²) in [5.41, 5.74) is 8.00. The molecular formula is C18H28N4O2. The van der Waals surface area contributed by atoms with Gasteiger partial charge in [-0.2, -0.15) is 0 Å². The quantitative estimate of drug-likeness (QED) is 0.595. The van der Waals surface area contributed by atoms with Crippen LogP contribution in [0.3, 0.4) is 0 Å². The van der Waals surface area contributed by atoms with Crippen molar-refractivity contribution in [3.8, 4) is 0 Å². The van der Waals surface area contributed by atoms with Gasteiger partial charge in [0, 0.05) is 18.5 Å². The molecule has 1 aromatic carbocycles. The Morgan fingerprint density at radius 2 is 2.00 bits per heavy atom. The summed E-state index contributed by atoms with van der Waals surface area (Å²) in [6.07, 6.45) is 2.89. The molecule has 1 aromatic heterocycles. The number of hydrogen-bond acceptors (Lipinski definition) is 3. The first-order valence-electron chi connectivity index (χ1n) is 8.53. The summed E-state index contributed by atoms with van der Waals surface area (Å²) in [5.74, 6) is 0.522. The molecule has 0 bridgehead atoms. The van der Waals surface area contributed by atoms with Crippen LogP contribution in [0.25, 0.3) is 11.0 Å². The van der Waals surface area contributed by atoms with Crippen LogP contribution in [0.4, 0.5) is 0 Å². The maximum absolute atomic E-state index is 12.2. The summed E-state index contributed by atoms with van der Waals surface area (Å²) in [4.78, 5) is 28.9. The molecule has 0 aliphatic carbocycles. The smallest absolute Gasteiger partial charge is 0.323 e. The van der Waals surface area contributed by atoms with E-state index in [1.54, 1.807) is 0 Å². The van der Waals surface area contributed by atoms with Crippen molar-refractivity contribution in [3.63, 3.8) is 0 Å². The molecule has 0 aliphatic rings. The Bertz CT molecular complexity index is 747. The number of nitrogens with two attached hydrogens (primary N) is 1. The Balaban J connectivity index is 1.85. The van der Waals surface area contributed by atoms with Crippen LogP contribution in [-0.2, 0) is 11.2 Å². The van der Waals surface area contributed by atoms with Gasteiger partial charge < -0.3 is 21.0 Å². The first-order chi connectivity index (χ1) is 11.3. The van der Waals surface area contributed by atoms with E-state index >= 15 is 0 Å². The van der Waals surface area contributed by atoms with Crippen molar-refractivity contribution >= 4 is 16.9 Å². The topological polar surface area (TPSA) is 104 Å². The highest BCUT2D eigenvalue weighted by Gasteiger charge is 2.25. The second-order valence-electron chi connectivity index (χ2n) is 7.22. The van der Waals surface area contributed by atoms with Crippen molar-refractivity contribution in [2.45, 2.75) is 52.0 Å². The Hall–Kier alpha value is -2.08. The predicted octanol–water partition coefficient (Wildman–Crippen LogP) is 2.06. The molecule has 24 heavy (non-hydrogen) atoms. The zero-order valence-corrected chi connectivity index (χ0v) is 14.7. The summed E-state index contributed by atoms with van der Waals surface area (Å²) in [6.45, 7) is 6.69. The lowest BCUT2D eigenvalue weighted by molar-refractivity contribution is -0.123. The molecule has 0 fully saturated rings. The number of aromatic amines is 2. The highest BCUT2D eigenvalue weighted by Crippen LogP contribution is 2.16. The summed E-state index contributed by atoms with van der Waals surface area (Å²) in [7, 11) is 0. The van der Waals surface area contributed by atoms with Gasteiger partial charge in [-0.25, -0.2) is 4.79 Å². The third-order valence-corrected chi connectivity index (χ3v) is 4.20. The number of imidazole rings is 1. The minimum Gasteiger partial charge on any atom is -0.350 e. The minimum atomic E-state index is -0.339. The van der Waals surface area contributed by atoms with Crippen LogP contribution < -0.4 is 16.7 Å². The molecule has 2 rings (SSSR count). The fourth-order valence-electron chi connectivity index (χ4n) is 3.17. The number of aryl methyl sites for hydroxylation is 1. The van der Waals surface area contributed by atoms with E-state index in [1.807, 2.05) is 25.1 Å². The largest absolute Gasteiger partial charge is 0.350 e. The van der Waals surface area contributed by atoms with E-state index in [1.165, 1.54) is 0 Å². The van der Waals surface area contributed by atoms with E-state index in [0.717, 1.165) is 35.9 Å². The molecule has 6 nitrogen and oxygen atoms in total. The SMILES string of the molecule is CC(C)CC(C)(CN)NC(=O)CCCc1ccc2[nH]c(=O)[nH]c2c1. The molecule has 0 aliphatic heterocycles. The van der Waals surface area contributed by atoms with E-state index in [0.29, 0.717) is 18.9 Å². The van der Waals surface area contributed by atoms with Crippen molar-refractivity contribution in [1.29, 1.82) is 0 Å². The van der Waals surface area contributed by atoms with Crippen LogP contribution in [0.15, 0.2) is 23.0 Å². The summed E-state index contributed by atoms with van der Waals surface area (Å²) < 4.78 is 0. The van der Waals surface area contributed by atoms with Crippen LogP contribution in [0.2, 0.25) is 0 Å². The number of nitrogens with one attached hydrogen (secondary N) is 3. The lowest BCUT2D eigenvalue weighted by Gasteiger charge is -2.31. The molecule has 0 radical (unpaired) electrons. The predicted molar refractivity (Wildman–Crippen MR) is 96.9 cm³/mol. The van der Waals surface area contributed by atoms with Gasteiger partial charge >= 0.3 is 5.69 Å². The zero-order chi connectivity index (χ0) is 17.7. The van der Waals surface area contributed by atoms with Crippen LogP contribution in [0.1, 0.15) is 45.6 Å². The first-order valence-corrected chi connectivity index (χ1v) is 8.53. The number of amides is 1. The molecule has 0 saturated carbocycles. The van der Waals surface area contributed by atoms with Gasteiger partial charge in [0.1, 0.15) is 0 Å². The molecule has 1 amide bonds. The average Bonchev–Trinajstić information content (AvgIpc) is 2.85. The Kier molecular flexibility index (Phi) is 5.83. The van der Waals surface area contributed by atoms with Crippen molar-refractivity contribution in [2.75, 3.05) is 6.54 Å². The van der Waals surface area contributed by atoms with Gasteiger partial charge in [0.2, 0.25) is 5.91 Å². The van der Waals surface area contributed by atoms with Crippen molar-refractivity contribution in [3.05, 3.63) is 34.2 Å². The highest BCUT2D eigenvalue weighted by atomic mass is 16.2. The maximum atomic E-state index is 12.2. The van der Waals surface area contributed by atoms with Gasteiger partial charge in [-0.05, 0) is 49.8 Å². The molecule has 6 heteroatoms. The van der Waals surface area contributed by atoms with Crippen molar-refractivity contribution < 1.29 is 4.79 Å². The van der Waals surface area contributed by atoms with E-state index in [9.17, 15) is 9.59 Å². The molecule has 2 aromatic rings. The van der Waals surface area contributed by atoms with Crippen LogP contribution in [0.5, 0.6) is 0 Å². The summed E-state index contributed by atoms with van der Waals surface area (Å²) in [6, 6.07) is 5.82. The molecule has 132 valence electrons. The van der Waals surface area contributed by atoms with Crippen LogP contribution in [0, 0.1) is 5.92 Å². The van der Waals surface area contributed by atoms with E-state index in [-0.39, 0.29) is 17.1 Å². The molecule has 1 unspecified atom stereocenters. The standard InChI is InChI=1S/C18H28N4O2/c1-12(2)10-18(3,11-19)22-16(23)6-4-5-13-7-8-14-15(9-13)21-17(24)20-14/h7-9,12H,4-6,10-11,19H2,1-3H3,(H,22,23)(H2,20,21,24). The number of H-pyrrole nitrogens is 2. The molecule has 1 atom stereocenters. The summed E-state index contributed by atoms with van der Waals surface area (Å²) in [5, 5.41) is 3.08. The monoisotopic (exact) mass is 332 g/mol. The normalized spacial score (nSPS) is 14.0. The second kappa shape index (κ2) is 7.66. The average molecular weight is 332 g/mol. The van der Waals surface area contributed by atoms with Gasteiger partial charge in [-0.15, -0.1) is 0 Å². The Labute approximate surface area is 142 Å². The fourth-order valence-corrected chi connectivity index (χ4v) is 3.17. The van der Waals surface area contributed by atoms with Crippen molar-refractivity contribution in [2.24, 2.45) is 11.7 Å². The lowest BCUT2D eigenvalue weighted by atomic mass is 9.90. The Morgan fingerprint density at radius 3 is 2.67 bits per heavy atom. The number of benzene rings is 1. The first kappa shape index (κ1) is 18.3. The van der Waals surface area contributed by atoms with E-state index in [2.05, 4.69) is 29.1 Å². The molecule has 0 saturated heterocycles. The lowest BCUT2D eigenvalue weighted by Crippen LogP contribution is -2.52. The number of fused-ring (bicyclic) bond motifs is 1. The third kappa shape index (κ3) is 4.96. The van der Waals surface area contributed by atoms with E-state index in [4.69, 9.17) is 5.73 Å².